The van der Waals surface area contributed by atoms with Gasteiger partial charge in [0.1, 0.15) is 0 Å². The van der Waals surface area contributed by atoms with Crippen LogP contribution in [0.1, 0.15) is 56.5 Å². The number of thiazole rings is 1. The van der Waals surface area contributed by atoms with Crippen molar-refractivity contribution in [3.63, 3.8) is 0 Å². The number of hydrogen-bond acceptors (Lipinski definition) is 7. The summed E-state index contributed by atoms with van der Waals surface area (Å²) in [6.07, 6.45) is 1.73. The van der Waals surface area contributed by atoms with Gasteiger partial charge in [0.25, 0.3) is 0 Å². The molecular weight excluding hydrogens is 416 g/mol. The van der Waals surface area contributed by atoms with Crippen LogP contribution in [0.3, 0.4) is 0 Å². The lowest BCUT2D eigenvalue weighted by Crippen LogP contribution is -2.57. The molecule has 1 heterocycles. The van der Waals surface area contributed by atoms with E-state index in [2.05, 4.69) is 17.6 Å². The van der Waals surface area contributed by atoms with Gasteiger partial charge in [0, 0.05) is 42.6 Å². The van der Waals surface area contributed by atoms with Gasteiger partial charge in [-0.05, 0) is 44.7 Å². The number of amides is 2. The number of carbonyl (C=O) groups excluding carboxylic acids is 2. The van der Waals surface area contributed by atoms with E-state index in [1.165, 1.54) is 18.3 Å². The Balaban J connectivity index is 1.96. The molecular formula is C22H36N4O4S. The number of nitrogens with one attached hydrogen (secondary N) is 2. The maximum atomic E-state index is 12.9. The lowest BCUT2D eigenvalue weighted by Gasteiger charge is -2.58. The first kappa shape index (κ1) is 24.1. The second-order valence-electron chi connectivity index (χ2n) is 9.90. The lowest BCUT2D eigenvalue weighted by atomic mass is 9.47. The molecule has 0 spiro atoms. The highest BCUT2D eigenvalue weighted by molar-refractivity contribution is 7.15. The molecule has 3 rings (SSSR count). The number of aliphatic hydroxyl groups excluding tert-OH is 2. The fourth-order valence-corrected chi connectivity index (χ4v) is 6.64. The smallest absolute Gasteiger partial charge is 0.223 e. The number of aliphatic hydroxyl groups is 2. The van der Waals surface area contributed by atoms with Gasteiger partial charge in [-0.2, -0.15) is 0 Å². The van der Waals surface area contributed by atoms with Gasteiger partial charge >= 0.3 is 0 Å². The van der Waals surface area contributed by atoms with Crippen LogP contribution in [0.2, 0.25) is 0 Å². The minimum Gasteiger partial charge on any atom is -0.396 e. The Morgan fingerprint density at radius 1 is 1.32 bits per heavy atom. The maximum absolute atomic E-state index is 12.9. The van der Waals surface area contributed by atoms with Crippen LogP contribution in [0.5, 0.6) is 0 Å². The molecule has 0 saturated heterocycles. The van der Waals surface area contributed by atoms with Crippen LogP contribution in [0.4, 0.5) is 5.13 Å². The second kappa shape index (κ2) is 9.13. The predicted octanol–water partition coefficient (Wildman–Crippen LogP) is 1.58. The van der Waals surface area contributed by atoms with Gasteiger partial charge in [-0.3, -0.25) is 9.59 Å². The van der Waals surface area contributed by atoms with Crippen molar-refractivity contribution in [3.8, 4) is 0 Å². The molecule has 174 valence electrons. The zero-order valence-corrected chi connectivity index (χ0v) is 20.0. The third-order valence-corrected chi connectivity index (χ3v) is 8.46. The predicted molar refractivity (Wildman–Crippen MR) is 121 cm³/mol. The number of hydrogen-bond donors (Lipinski definition) is 4. The average Bonchev–Trinajstić information content (AvgIpc) is 3.07. The molecule has 0 aliphatic heterocycles. The standard InChI is InChI=1S/C22H36N4O4S/c1-13(28)24-20-25-19-14(10-18(30)23-8-9-26(4)5)21(2)7-6-17(29)22(3,12-27)16(21)11-15(19)31-20/h14,16-17,27,29H,6-12H2,1-5H3,(H,23,30)(H,24,25,28)/t14-,16+,17-,21+,22+/m1/s1. The van der Waals surface area contributed by atoms with Crippen LogP contribution < -0.4 is 10.6 Å². The number of fused-ring (bicyclic) bond motifs is 2. The van der Waals surface area contributed by atoms with Gasteiger partial charge < -0.3 is 25.7 Å². The average molecular weight is 453 g/mol. The molecule has 1 fully saturated rings. The van der Waals surface area contributed by atoms with Gasteiger partial charge in [-0.25, -0.2) is 4.98 Å². The van der Waals surface area contributed by atoms with Crippen molar-refractivity contribution < 1.29 is 19.8 Å². The number of aromatic nitrogens is 1. The van der Waals surface area contributed by atoms with Crippen LogP contribution in [0.15, 0.2) is 0 Å². The summed E-state index contributed by atoms with van der Waals surface area (Å²) in [5.41, 5.74) is -0.0564. The Labute approximate surface area is 188 Å². The van der Waals surface area contributed by atoms with Crippen molar-refractivity contribution in [1.82, 2.24) is 15.2 Å². The Morgan fingerprint density at radius 3 is 2.65 bits per heavy atom. The van der Waals surface area contributed by atoms with Gasteiger partial charge in [0.2, 0.25) is 11.8 Å². The summed E-state index contributed by atoms with van der Waals surface area (Å²) < 4.78 is 0. The number of anilines is 1. The van der Waals surface area contributed by atoms with Crippen molar-refractivity contribution in [3.05, 3.63) is 10.6 Å². The summed E-state index contributed by atoms with van der Waals surface area (Å²) in [7, 11) is 3.93. The summed E-state index contributed by atoms with van der Waals surface area (Å²) in [4.78, 5) is 32.3. The highest BCUT2D eigenvalue weighted by Crippen LogP contribution is 2.62. The van der Waals surface area contributed by atoms with Gasteiger partial charge in [0.05, 0.1) is 18.4 Å². The molecule has 1 aromatic heterocycles. The van der Waals surface area contributed by atoms with E-state index in [1.807, 2.05) is 25.9 Å². The maximum Gasteiger partial charge on any atom is 0.223 e. The molecule has 0 bridgehead atoms. The molecule has 1 aromatic rings. The van der Waals surface area contributed by atoms with Gasteiger partial charge in [0.15, 0.2) is 5.13 Å². The van der Waals surface area contributed by atoms with Crippen LogP contribution in [-0.2, 0) is 16.0 Å². The molecule has 0 radical (unpaired) electrons. The number of likely N-dealkylation sites (N-methyl/N-ethyl adjacent to an activating group) is 1. The zero-order chi connectivity index (χ0) is 23.0. The molecule has 4 N–H and O–H groups in total. The zero-order valence-electron chi connectivity index (χ0n) is 19.2. The molecule has 9 heteroatoms. The van der Waals surface area contributed by atoms with Crippen molar-refractivity contribution in [2.24, 2.45) is 16.7 Å². The number of nitrogens with zero attached hydrogens (tertiary/aromatic N) is 2. The molecule has 2 aliphatic carbocycles. The highest BCUT2D eigenvalue weighted by atomic mass is 32.1. The molecule has 2 aliphatic rings. The Hall–Kier alpha value is -1.55. The number of carbonyl (C=O) groups is 2. The molecule has 31 heavy (non-hydrogen) atoms. The summed E-state index contributed by atoms with van der Waals surface area (Å²) >= 11 is 1.44. The van der Waals surface area contributed by atoms with Crippen LogP contribution in [-0.4, -0.2) is 71.8 Å². The number of rotatable bonds is 7. The molecule has 0 unspecified atom stereocenters. The van der Waals surface area contributed by atoms with Crippen molar-refractivity contribution in [1.29, 1.82) is 0 Å². The minimum absolute atomic E-state index is 0.00598. The van der Waals surface area contributed by atoms with E-state index >= 15 is 0 Å². The largest absolute Gasteiger partial charge is 0.396 e. The van der Waals surface area contributed by atoms with E-state index in [9.17, 15) is 19.8 Å². The quantitative estimate of drug-likeness (QED) is 0.499. The minimum atomic E-state index is -0.650. The molecule has 1 saturated carbocycles. The fraction of sp³-hybridized carbons (Fsp3) is 0.773. The van der Waals surface area contributed by atoms with Crippen LogP contribution >= 0.6 is 11.3 Å². The molecule has 8 nitrogen and oxygen atoms in total. The second-order valence-corrected chi connectivity index (χ2v) is 11.0. The van der Waals surface area contributed by atoms with E-state index in [0.717, 1.165) is 23.5 Å². The van der Waals surface area contributed by atoms with Crippen molar-refractivity contribution in [2.75, 3.05) is 39.1 Å². The van der Waals surface area contributed by atoms with E-state index < -0.39 is 11.5 Å². The Morgan fingerprint density at radius 2 is 2.03 bits per heavy atom. The molecule has 5 atom stereocenters. The Kier molecular flexibility index (Phi) is 7.10. The van der Waals surface area contributed by atoms with Crippen LogP contribution in [0.25, 0.3) is 0 Å². The summed E-state index contributed by atoms with van der Waals surface area (Å²) in [6.45, 7) is 6.82. The van der Waals surface area contributed by atoms with E-state index in [1.54, 1.807) is 0 Å². The summed E-state index contributed by atoms with van der Waals surface area (Å²) in [5.74, 6) is -0.335. The van der Waals surface area contributed by atoms with Gasteiger partial charge in [-0.15, -0.1) is 11.3 Å². The van der Waals surface area contributed by atoms with E-state index in [0.29, 0.717) is 30.9 Å². The first-order chi connectivity index (χ1) is 14.5. The fourth-order valence-electron chi connectivity index (χ4n) is 5.53. The third kappa shape index (κ3) is 4.65. The van der Waals surface area contributed by atoms with Gasteiger partial charge in [-0.1, -0.05) is 13.8 Å². The monoisotopic (exact) mass is 452 g/mol. The normalized spacial score (nSPS) is 32.3. The topological polar surface area (TPSA) is 115 Å². The highest BCUT2D eigenvalue weighted by Gasteiger charge is 2.59. The SMILES string of the molecule is CC(=O)Nc1nc2c(s1)C[C@@H]1[C@](C)(CO)[C@H](O)CC[C@@]1(C)[C@@H]2CC(=O)NCCN(C)C. The van der Waals surface area contributed by atoms with E-state index in [4.69, 9.17) is 4.98 Å². The van der Waals surface area contributed by atoms with Crippen molar-refractivity contribution >= 4 is 28.3 Å². The van der Waals surface area contributed by atoms with Crippen molar-refractivity contribution in [2.45, 2.75) is 58.5 Å². The molecule has 2 amide bonds. The van der Waals surface area contributed by atoms with Crippen LogP contribution in [0, 0.1) is 16.7 Å². The summed E-state index contributed by atoms with van der Waals surface area (Å²) in [5, 5.41) is 27.4. The first-order valence-electron chi connectivity index (χ1n) is 11.0. The molecule has 0 aromatic carbocycles. The Bertz CT molecular complexity index is 828. The lowest BCUT2D eigenvalue weighted by molar-refractivity contribution is -0.144. The third-order valence-electron chi connectivity index (χ3n) is 7.45. The summed E-state index contributed by atoms with van der Waals surface area (Å²) in [6, 6.07) is 0. The van der Waals surface area contributed by atoms with E-state index in [-0.39, 0.29) is 35.7 Å². The first-order valence-corrected chi connectivity index (χ1v) is 11.8.